The average molecular weight is 371 g/mol. The lowest BCUT2D eigenvalue weighted by atomic mass is 10.1. The molecule has 0 radical (unpaired) electrons. The minimum Gasteiger partial charge on any atom is -0.484 e. The molecule has 1 saturated heterocycles. The van der Waals surface area contributed by atoms with Crippen LogP contribution in [0.15, 0.2) is 29.8 Å². The first-order valence-corrected chi connectivity index (χ1v) is 9.01. The Morgan fingerprint density at radius 1 is 1.37 bits per heavy atom. The first-order chi connectivity index (χ1) is 13.0. The highest BCUT2D eigenvalue weighted by Gasteiger charge is 2.16. The molecule has 2 rings (SSSR count). The van der Waals surface area contributed by atoms with Crippen molar-refractivity contribution in [2.24, 2.45) is 0 Å². The molecule has 1 aromatic rings. The number of benzene rings is 1. The maximum absolute atomic E-state index is 11.9. The summed E-state index contributed by atoms with van der Waals surface area (Å²) in [6, 6.07) is 8.68. The average Bonchev–Trinajstić information content (AvgIpc) is 3.16. The number of ether oxygens (including phenoxy) is 2. The molecule has 27 heavy (non-hydrogen) atoms. The monoisotopic (exact) mass is 371 g/mol. The fourth-order valence-corrected chi connectivity index (χ4v) is 2.55. The summed E-state index contributed by atoms with van der Waals surface area (Å²) in [4.78, 5) is 23.7. The summed E-state index contributed by atoms with van der Waals surface area (Å²) >= 11 is 0. The molecule has 1 aromatic carbocycles. The Hall–Kier alpha value is -2.85. The lowest BCUT2D eigenvalue weighted by molar-refractivity contribution is -0.123. The van der Waals surface area contributed by atoms with Gasteiger partial charge in [-0.1, -0.05) is 12.1 Å². The molecular weight excluding hydrogens is 346 g/mol. The van der Waals surface area contributed by atoms with Crippen LogP contribution in [-0.4, -0.2) is 43.7 Å². The number of rotatable bonds is 8. The third-order valence-electron chi connectivity index (χ3n) is 3.90. The second kappa shape index (κ2) is 10.3. The third-order valence-corrected chi connectivity index (χ3v) is 3.90. The Morgan fingerprint density at radius 3 is 2.70 bits per heavy atom. The van der Waals surface area contributed by atoms with Gasteiger partial charge in [-0.3, -0.25) is 9.59 Å². The van der Waals surface area contributed by atoms with Crippen molar-refractivity contribution in [1.82, 2.24) is 10.6 Å². The van der Waals surface area contributed by atoms with Gasteiger partial charge in [-0.25, -0.2) is 0 Å². The molecule has 1 aliphatic heterocycles. The van der Waals surface area contributed by atoms with E-state index in [9.17, 15) is 9.59 Å². The predicted octanol–water partition coefficient (Wildman–Crippen LogP) is 1.79. The van der Waals surface area contributed by atoms with Crippen LogP contribution in [0.2, 0.25) is 0 Å². The Kier molecular flexibility index (Phi) is 7.83. The van der Waals surface area contributed by atoms with Gasteiger partial charge >= 0.3 is 0 Å². The molecule has 1 heterocycles. The van der Waals surface area contributed by atoms with Gasteiger partial charge in [-0.15, -0.1) is 0 Å². The van der Waals surface area contributed by atoms with E-state index in [0.29, 0.717) is 17.9 Å². The van der Waals surface area contributed by atoms with E-state index < -0.39 is 5.91 Å². The molecule has 7 heteroatoms. The van der Waals surface area contributed by atoms with Gasteiger partial charge in [0.05, 0.1) is 6.10 Å². The van der Waals surface area contributed by atoms with E-state index in [4.69, 9.17) is 14.7 Å². The molecule has 0 bridgehead atoms. The zero-order valence-corrected chi connectivity index (χ0v) is 15.7. The molecule has 144 valence electrons. The van der Waals surface area contributed by atoms with Gasteiger partial charge in [0.1, 0.15) is 17.4 Å². The van der Waals surface area contributed by atoms with Crippen molar-refractivity contribution in [2.75, 3.05) is 19.8 Å². The molecule has 0 unspecified atom stereocenters. The number of hydrogen-bond acceptors (Lipinski definition) is 5. The Morgan fingerprint density at radius 2 is 2.11 bits per heavy atom. The summed E-state index contributed by atoms with van der Waals surface area (Å²) < 4.78 is 10.9. The van der Waals surface area contributed by atoms with Crippen LogP contribution in [0.25, 0.3) is 6.08 Å². The second-order valence-corrected chi connectivity index (χ2v) is 6.59. The summed E-state index contributed by atoms with van der Waals surface area (Å²) in [6.45, 7) is 4.83. The lowest BCUT2D eigenvalue weighted by Gasteiger charge is -2.11. The van der Waals surface area contributed by atoms with Crippen LogP contribution in [-0.2, 0) is 14.3 Å². The number of carbonyl (C=O) groups excluding carboxylic acids is 2. The Labute approximate surface area is 159 Å². The minimum atomic E-state index is -0.407. The standard InChI is InChI=1S/C20H25N3O4/c1-14(2)23-20(25)16(11-21)10-15-5-7-17(8-6-15)27-13-19(24)22-12-18-4-3-9-26-18/h5-8,10,14,18H,3-4,9,12-13H2,1-2H3,(H,22,24)(H,23,25)/b16-10+/t18-/m0/s1. The van der Waals surface area contributed by atoms with Crippen molar-refractivity contribution < 1.29 is 19.1 Å². The number of nitrogens with one attached hydrogen (secondary N) is 2. The van der Waals surface area contributed by atoms with Gasteiger partial charge in [-0.05, 0) is 50.5 Å². The largest absolute Gasteiger partial charge is 0.484 e. The maximum Gasteiger partial charge on any atom is 0.262 e. The topological polar surface area (TPSA) is 100 Å². The number of hydrogen-bond donors (Lipinski definition) is 2. The van der Waals surface area contributed by atoms with E-state index in [0.717, 1.165) is 19.4 Å². The highest BCUT2D eigenvalue weighted by atomic mass is 16.5. The molecule has 1 fully saturated rings. The van der Waals surface area contributed by atoms with Crippen molar-refractivity contribution in [3.05, 3.63) is 35.4 Å². The number of carbonyl (C=O) groups is 2. The van der Waals surface area contributed by atoms with E-state index in [-0.39, 0.29) is 30.2 Å². The van der Waals surface area contributed by atoms with E-state index in [1.807, 2.05) is 19.9 Å². The summed E-state index contributed by atoms with van der Waals surface area (Å²) in [6.07, 6.45) is 3.61. The molecule has 0 spiro atoms. The van der Waals surface area contributed by atoms with Gasteiger partial charge in [0.15, 0.2) is 6.61 Å². The molecular formula is C20H25N3O4. The van der Waals surface area contributed by atoms with E-state index >= 15 is 0 Å². The van der Waals surface area contributed by atoms with E-state index in [1.165, 1.54) is 6.08 Å². The quantitative estimate of drug-likeness (QED) is 0.536. The second-order valence-electron chi connectivity index (χ2n) is 6.59. The highest BCUT2D eigenvalue weighted by molar-refractivity contribution is 6.01. The van der Waals surface area contributed by atoms with Crippen molar-refractivity contribution >= 4 is 17.9 Å². The highest BCUT2D eigenvalue weighted by Crippen LogP contribution is 2.15. The molecule has 0 aromatic heterocycles. The van der Waals surface area contributed by atoms with Gasteiger partial charge in [0, 0.05) is 19.2 Å². The van der Waals surface area contributed by atoms with Crippen molar-refractivity contribution in [3.63, 3.8) is 0 Å². The molecule has 1 aliphatic rings. The first-order valence-electron chi connectivity index (χ1n) is 9.01. The third kappa shape index (κ3) is 7.12. The molecule has 2 amide bonds. The fraction of sp³-hybridized carbons (Fsp3) is 0.450. The fourth-order valence-electron chi connectivity index (χ4n) is 2.55. The zero-order valence-electron chi connectivity index (χ0n) is 15.7. The van der Waals surface area contributed by atoms with Crippen molar-refractivity contribution in [1.29, 1.82) is 5.26 Å². The molecule has 1 atom stereocenters. The van der Waals surface area contributed by atoms with Crippen LogP contribution >= 0.6 is 0 Å². The molecule has 7 nitrogen and oxygen atoms in total. The van der Waals surface area contributed by atoms with Crippen LogP contribution in [0.1, 0.15) is 32.3 Å². The molecule has 2 N–H and O–H groups in total. The number of nitriles is 1. The number of nitrogens with zero attached hydrogens (tertiary/aromatic N) is 1. The first kappa shape index (κ1) is 20.5. The van der Waals surface area contributed by atoms with Gasteiger partial charge < -0.3 is 20.1 Å². The van der Waals surface area contributed by atoms with Crippen molar-refractivity contribution in [2.45, 2.75) is 38.8 Å². The lowest BCUT2D eigenvalue weighted by Crippen LogP contribution is -2.35. The summed E-state index contributed by atoms with van der Waals surface area (Å²) in [5.74, 6) is -0.0770. The smallest absolute Gasteiger partial charge is 0.262 e. The molecule has 0 saturated carbocycles. The van der Waals surface area contributed by atoms with Gasteiger partial charge in [0.25, 0.3) is 11.8 Å². The Balaban J connectivity index is 1.83. The summed E-state index contributed by atoms with van der Waals surface area (Å²) in [7, 11) is 0. The zero-order chi connectivity index (χ0) is 19.6. The van der Waals surface area contributed by atoms with E-state index in [2.05, 4.69) is 10.6 Å². The summed E-state index contributed by atoms with van der Waals surface area (Å²) in [5.41, 5.74) is 0.728. The van der Waals surface area contributed by atoms with E-state index in [1.54, 1.807) is 24.3 Å². The van der Waals surface area contributed by atoms with Crippen LogP contribution in [0.4, 0.5) is 0 Å². The van der Waals surface area contributed by atoms with Crippen LogP contribution in [0.3, 0.4) is 0 Å². The van der Waals surface area contributed by atoms with Crippen LogP contribution in [0.5, 0.6) is 5.75 Å². The van der Waals surface area contributed by atoms with Gasteiger partial charge in [0.2, 0.25) is 0 Å². The van der Waals surface area contributed by atoms with Crippen LogP contribution < -0.4 is 15.4 Å². The molecule has 0 aliphatic carbocycles. The number of amides is 2. The SMILES string of the molecule is CC(C)NC(=O)/C(C#N)=C/c1ccc(OCC(=O)NC[C@@H]2CCCO2)cc1. The minimum absolute atomic E-state index is 0.0332. The van der Waals surface area contributed by atoms with Crippen LogP contribution in [0, 0.1) is 11.3 Å². The summed E-state index contributed by atoms with van der Waals surface area (Å²) in [5, 5.41) is 14.6. The van der Waals surface area contributed by atoms with Gasteiger partial charge in [-0.2, -0.15) is 5.26 Å². The normalized spacial score (nSPS) is 16.7. The predicted molar refractivity (Wildman–Crippen MR) is 101 cm³/mol. The maximum atomic E-state index is 11.9. The van der Waals surface area contributed by atoms with Crippen molar-refractivity contribution in [3.8, 4) is 11.8 Å². The Bertz CT molecular complexity index is 714.